The molecular weight excluding hydrogens is 658 g/mol. The number of hydrogen-bond acceptors (Lipinski definition) is 11. The SMILES string of the molecule is CCCCOC(=O)NS(=O)(=O)CC1CN(S(=O)(=O)c2cc3ccc(Cl)cc3s2)CCN1C(=O)c1nc2c(s1)CN(C)CC2. The molecule has 12 nitrogen and oxygen atoms in total. The van der Waals surface area contributed by atoms with Gasteiger partial charge in [-0.1, -0.05) is 31.0 Å². The lowest BCUT2D eigenvalue weighted by Gasteiger charge is -2.40. The molecule has 2 aromatic heterocycles. The fourth-order valence-electron chi connectivity index (χ4n) is 4.99. The third-order valence-electron chi connectivity index (χ3n) is 7.25. The number of sulfonamides is 2. The molecule has 1 atom stereocenters. The molecular formula is C26H32ClN5O7S4. The smallest absolute Gasteiger partial charge is 0.420 e. The van der Waals surface area contributed by atoms with E-state index in [1.807, 2.05) is 18.7 Å². The number of rotatable bonds is 9. The molecule has 43 heavy (non-hydrogen) atoms. The number of amides is 2. The Balaban J connectivity index is 1.40. The second-order valence-electron chi connectivity index (χ2n) is 10.5. The van der Waals surface area contributed by atoms with E-state index in [1.165, 1.54) is 20.5 Å². The molecule has 2 amide bonds. The van der Waals surface area contributed by atoms with Crippen molar-refractivity contribution in [1.29, 1.82) is 0 Å². The first kappa shape index (κ1) is 32.1. The second-order valence-corrected chi connectivity index (χ2v) is 17.0. The summed E-state index contributed by atoms with van der Waals surface area (Å²) in [6, 6.07) is 5.55. The lowest BCUT2D eigenvalue weighted by molar-refractivity contribution is 0.0595. The quantitative estimate of drug-likeness (QED) is 0.334. The van der Waals surface area contributed by atoms with E-state index in [4.69, 9.17) is 16.3 Å². The number of thiazole rings is 1. The molecule has 0 saturated carbocycles. The van der Waals surface area contributed by atoms with Crippen LogP contribution in [0.5, 0.6) is 0 Å². The normalized spacial score (nSPS) is 18.5. The van der Waals surface area contributed by atoms with Crippen molar-refractivity contribution in [2.75, 3.05) is 45.6 Å². The van der Waals surface area contributed by atoms with Crippen molar-refractivity contribution in [2.45, 2.75) is 43.0 Å². The Morgan fingerprint density at radius 1 is 1.14 bits per heavy atom. The van der Waals surface area contributed by atoms with Gasteiger partial charge < -0.3 is 14.5 Å². The Labute approximate surface area is 263 Å². The Bertz CT molecular complexity index is 1740. The average molecular weight is 690 g/mol. The largest absolute Gasteiger partial charge is 0.449 e. The van der Waals surface area contributed by atoms with Crippen LogP contribution in [0.25, 0.3) is 10.1 Å². The van der Waals surface area contributed by atoms with Crippen molar-refractivity contribution in [3.05, 3.63) is 44.9 Å². The number of ether oxygens (including phenoxy) is 1. The summed E-state index contributed by atoms with van der Waals surface area (Å²) in [5.74, 6) is -1.18. The van der Waals surface area contributed by atoms with Gasteiger partial charge in [0.25, 0.3) is 15.9 Å². The van der Waals surface area contributed by atoms with Gasteiger partial charge >= 0.3 is 6.09 Å². The van der Waals surface area contributed by atoms with Crippen molar-refractivity contribution in [3.63, 3.8) is 0 Å². The van der Waals surface area contributed by atoms with Gasteiger partial charge in [0, 0.05) is 53.7 Å². The number of aromatic nitrogens is 1. The van der Waals surface area contributed by atoms with Gasteiger partial charge in [-0.05, 0) is 37.1 Å². The summed E-state index contributed by atoms with van der Waals surface area (Å²) in [6.45, 7) is 3.04. The minimum absolute atomic E-state index is 0.0417. The number of halogens is 1. The minimum atomic E-state index is -4.31. The summed E-state index contributed by atoms with van der Waals surface area (Å²) < 4.78 is 62.4. The zero-order valence-electron chi connectivity index (χ0n) is 23.6. The molecule has 1 unspecified atom stereocenters. The molecule has 17 heteroatoms. The van der Waals surface area contributed by atoms with Crippen molar-refractivity contribution in [3.8, 4) is 0 Å². The van der Waals surface area contributed by atoms with E-state index < -0.39 is 43.8 Å². The Morgan fingerprint density at radius 3 is 2.70 bits per heavy atom. The fourth-order valence-corrected chi connectivity index (χ4v) is 10.6. The van der Waals surface area contributed by atoms with Gasteiger partial charge in [-0.25, -0.2) is 31.3 Å². The van der Waals surface area contributed by atoms with Crippen molar-refractivity contribution >= 4 is 76.4 Å². The number of likely N-dealkylation sites (N-methyl/N-ethyl adjacent to an activating group) is 1. The van der Waals surface area contributed by atoms with Gasteiger partial charge in [-0.15, -0.1) is 22.7 Å². The van der Waals surface area contributed by atoms with Crippen LogP contribution in [0.1, 0.15) is 40.1 Å². The van der Waals surface area contributed by atoms with E-state index in [0.29, 0.717) is 34.5 Å². The summed E-state index contributed by atoms with van der Waals surface area (Å²) >= 11 is 8.42. The van der Waals surface area contributed by atoms with Crippen LogP contribution >= 0.6 is 34.3 Å². The standard InChI is InChI=1S/C26H32ClN5O7S4/c1-3-4-11-39-26(34)29-42(35,36)16-19-14-31(43(37,38)23-12-17-5-6-18(27)13-21(17)40-23)9-10-32(19)25(33)24-28-20-7-8-30(2)15-22(20)41-24/h5-6,12-13,19H,3-4,7-11,14-16H2,1-2H3,(H,29,34). The van der Waals surface area contributed by atoms with E-state index >= 15 is 0 Å². The minimum Gasteiger partial charge on any atom is -0.449 e. The second kappa shape index (κ2) is 12.9. The van der Waals surface area contributed by atoms with Crippen LogP contribution in [0.4, 0.5) is 4.79 Å². The third-order valence-corrected chi connectivity index (χ3v) is 13.3. The maximum absolute atomic E-state index is 13.7. The molecule has 1 N–H and O–H groups in total. The number of hydrogen-bond donors (Lipinski definition) is 1. The molecule has 1 fully saturated rings. The van der Waals surface area contributed by atoms with Crippen LogP contribution in [-0.4, -0.2) is 99.6 Å². The summed E-state index contributed by atoms with van der Waals surface area (Å²) in [7, 11) is -6.37. The summed E-state index contributed by atoms with van der Waals surface area (Å²) in [5.41, 5.74) is 0.846. The Hall–Kier alpha value is -2.34. The highest BCUT2D eigenvalue weighted by atomic mass is 35.5. The molecule has 3 aromatic rings. The van der Waals surface area contributed by atoms with E-state index in [1.54, 1.807) is 24.3 Å². The zero-order chi connectivity index (χ0) is 30.9. The molecule has 5 rings (SSSR count). The van der Waals surface area contributed by atoms with Crippen molar-refractivity contribution in [1.82, 2.24) is 23.8 Å². The van der Waals surface area contributed by atoms with E-state index in [0.717, 1.165) is 34.9 Å². The third kappa shape index (κ3) is 7.32. The van der Waals surface area contributed by atoms with E-state index in [-0.39, 0.29) is 35.5 Å². The monoisotopic (exact) mass is 689 g/mol. The first-order valence-electron chi connectivity index (χ1n) is 13.7. The molecule has 2 aliphatic heterocycles. The molecule has 1 aromatic carbocycles. The lowest BCUT2D eigenvalue weighted by atomic mass is 10.2. The number of nitrogens with zero attached hydrogens (tertiary/aromatic N) is 4. The van der Waals surface area contributed by atoms with Gasteiger partial charge in [-0.2, -0.15) is 4.31 Å². The van der Waals surface area contributed by atoms with Crippen LogP contribution in [-0.2, 0) is 37.7 Å². The highest BCUT2D eigenvalue weighted by Crippen LogP contribution is 2.34. The number of unbranched alkanes of at least 4 members (excludes halogenated alkanes) is 1. The van der Waals surface area contributed by atoms with Gasteiger partial charge in [0.05, 0.1) is 24.1 Å². The lowest BCUT2D eigenvalue weighted by Crippen LogP contribution is -2.59. The highest BCUT2D eigenvalue weighted by molar-refractivity contribution is 7.91. The molecule has 1 saturated heterocycles. The van der Waals surface area contributed by atoms with Crippen molar-refractivity contribution in [2.24, 2.45) is 0 Å². The molecule has 0 spiro atoms. The topological polar surface area (TPSA) is 146 Å². The summed E-state index contributed by atoms with van der Waals surface area (Å²) in [5, 5.41) is 1.42. The highest BCUT2D eigenvalue weighted by Gasteiger charge is 2.40. The first-order chi connectivity index (χ1) is 20.4. The summed E-state index contributed by atoms with van der Waals surface area (Å²) in [4.78, 5) is 34.9. The predicted octanol–water partition coefficient (Wildman–Crippen LogP) is 3.37. The van der Waals surface area contributed by atoms with Gasteiger partial charge in [0.2, 0.25) is 10.0 Å². The number of thiophene rings is 1. The van der Waals surface area contributed by atoms with Crippen LogP contribution < -0.4 is 4.72 Å². The number of benzene rings is 1. The van der Waals surface area contributed by atoms with Gasteiger partial charge in [-0.3, -0.25) is 4.79 Å². The fraction of sp³-hybridized carbons (Fsp3) is 0.500. The number of fused-ring (bicyclic) bond motifs is 2. The molecule has 234 valence electrons. The molecule has 0 bridgehead atoms. The van der Waals surface area contributed by atoms with Crippen molar-refractivity contribution < 1.29 is 31.2 Å². The van der Waals surface area contributed by atoms with E-state index in [2.05, 4.69) is 9.88 Å². The summed E-state index contributed by atoms with van der Waals surface area (Å²) in [6.07, 6.45) is 0.909. The molecule has 0 aliphatic carbocycles. The first-order valence-corrected chi connectivity index (χ1v) is 18.8. The number of carbonyl (C=O) groups excluding carboxylic acids is 2. The van der Waals surface area contributed by atoms with E-state index in [9.17, 15) is 26.4 Å². The number of carbonyl (C=O) groups is 2. The maximum atomic E-state index is 13.7. The van der Waals surface area contributed by atoms with Gasteiger partial charge in [0.1, 0.15) is 4.21 Å². The van der Waals surface area contributed by atoms with Crippen LogP contribution in [0.2, 0.25) is 5.02 Å². The van der Waals surface area contributed by atoms with Crippen LogP contribution in [0.15, 0.2) is 28.5 Å². The molecule has 4 heterocycles. The molecule has 0 radical (unpaired) electrons. The zero-order valence-corrected chi connectivity index (χ0v) is 27.6. The van der Waals surface area contributed by atoms with Gasteiger partial charge in [0.15, 0.2) is 5.01 Å². The maximum Gasteiger partial charge on any atom is 0.420 e. The molecule has 2 aliphatic rings. The van der Waals surface area contributed by atoms with Crippen LogP contribution in [0, 0.1) is 0 Å². The van der Waals surface area contributed by atoms with Crippen LogP contribution in [0.3, 0.4) is 0 Å². The number of piperazine rings is 1. The Morgan fingerprint density at radius 2 is 1.93 bits per heavy atom. The Kier molecular flexibility index (Phi) is 9.66. The average Bonchev–Trinajstić information content (AvgIpc) is 3.56. The number of nitrogens with one attached hydrogen (secondary N) is 1. The predicted molar refractivity (Wildman–Crippen MR) is 166 cm³/mol.